The average Bonchev–Trinajstić information content (AvgIpc) is 3.00. The van der Waals surface area contributed by atoms with Crippen molar-refractivity contribution in [1.82, 2.24) is 14.8 Å². The second-order valence-electron chi connectivity index (χ2n) is 6.00. The Morgan fingerprint density at radius 1 is 1.20 bits per heavy atom. The summed E-state index contributed by atoms with van der Waals surface area (Å²) in [6.45, 7) is 1.15. The van der Waals surface area contributed by atoms with Gasteiger partial charge in [0.25, 0.3) is 5.91 Å². The molecule has 3 aromatic rings. The lowest BCUT2D eigenvalue weighted by Crippen LogP contribution is -2.37. The number of hydrogen-bond acceptors (Lipinski definition) is 4. The monoisotopic (exact) mass is 353 g/mol. The van der Waals surface area contributed by atoms with Crippen molar-refractivity contribution in [2.24, 2.45) is 0 Å². The normalized spacial score (nSPS) is 13.8. The quantitative estimate of drug-likeness (QED) is 0.785. The number of halogens is 1. The van der Waals surface area contributed by atoms with Crippen LogP contribution >= 0.6 is 11.6 Å². The standard InChI is InChI=1S/C18H16ClN5O/c19-14-1-2-16-13(8-14)3-6-24(18(16)25)15-7-12(9-21-10-15)11-23-5-4-17(20)22-23/h1-2,4-5,7-10H,3,6,11H2,(H2,20,22). The van der Waals surface area contributed by atoms with Gasteiger partial charge in [-0.05, 0) is 47.9 Å². The molecule has 0 bridgehead atoms. The maximum absolute atomic E-state index is 12.8. The van der Waals surface area contributed by atoms with Gasteiger partial charge in [-0.25, -0.2) is 0 Å². The zero-order valence-electron chi connectivity index (χ0n) is 13.4. The Balaban J connectivity index is 1.61. The fourth-order valence-electron chi connectivity index (χ4n) is 3.06. The Bertz CT molecular complexity index is 952. The van der Waals surface area contributed by atoms with Crippen molar-refractivity contribution in [1.29, 1.82) is 0 Å². The van der Waals surface area contributed by atoms with Crippen LogP contribution in [0.15, 0.2) is 48.9 Å². The van der Waals surface area contributed by atoms with Crippen LogP contribution in [0.4, 0.5) is 11.5 Å². The smallest absolute Gasteiger partial charge is 0.258 e. The first kappa shape index (κ1) is 15.7. The van der Waals surface area contributed by atoms with Gasteiger partial charge >= 0.3 is 0 Å². The summed E-state index contributed by atoms with van der Waals surface area (Å²) in [5.41, 5.74) is 9.06. The van der Waals surface area contributed by atoms with Gasteiger partial charge in [-0.15, -0.1) is 0 Å². The molecule has 2 aromatic heterocycles. The third-order valence-electron chi connectivity index (χ3n) is 4.25. The van der Waals surface area contributed by atoms with Crippen molar-refractivity contribution in [2.75, 3.05) is 17.2 Å². The molecule has 0 saturated heterocycles. The van der Waals surface area contributed by atoms with E-state index < -0.39 is 0 Å². The fourth-order valence-corrected chi connectivity index (χ4v) is 3.26. The molecule has 0 radical (unpaired) electrons. The molecule has 6 nitrogen and oxygen atoms in total. The van der Waals surface area contributed by atoms with E-state index in [1.807, 2.05) is 18.3 Å². The summed E-state index contributed by atoms with van der Waals surface area (Å²) in [5.74, 6) is 0.450. The predicted octanol–water partition coefficient (Wildman–Crippen LogP) is 2.76. The molecule has 2 N–H and O–H groups in total. The second-order valence-corrected chi connectivity index (χ2v) is 6.43. The van der Waals surface area contributed by atoms with E-state index in [9.17, 15) is 4.79 Å². The largest absolute Gasteiger partial charge is 0.382 e. The number of carbonyl (C=O) groups excluding carboxylic acids is 1. The van der Waals surface area contributed by atoms with E-state index in [0.29, 0.717) is 29.5 Å². The summed E-state index contributed by atoms with van der Waals surface area (Å²) < 4.78 is 1.74. The van der Waals surface area contributed by atoms with Crippen LogP contribution in [-0.2, 0) is 13.0 Å². The molecule has 1 aliphatic heterocycles. The first-order valence-electron chi connectivity index (χ1n) is 7.93. The van der Waals surface area contributed by atoms with Crippen LogP contribution in [-0.4, -0.2) is 27.2 Å². The van der Waals surface area contributed by atoms with Gasteiger partial charge in [0.15, 0.2) is 0 Å². The molecule has 0 atom stereocenters. The maximum Gasteiger partial charge on any atom is 0.258 e. The average molecular weight is 354 g/mol. The van der Waals surface area contributed by atoms with Crippen molar-refractivity contribution in [3.05, 3.63) is 70.6 Å². The lowest BCUT2D eigenvalue weighted by atomic mass is 9.98. The van der Waals surface area contributed by atoms with Crippen LogP contribution in [0.1, 0.15) is 21.5 Å². The SMILES string of the molecule is Nc1ccn(Cc2cncc(N3CCc4cc(Cl)ccc4C3=O)c2)n1. The topological polar surface area (TPSA) is 77.0 Å². The highest BCUT2D eigenvalue weighted by atomic mass is 35.5. The summed E-state index contributed by atoms with van der Waals surface area (Å²) >= 11 is 6.03. The molecular formula is C18H16ClN5O. The number of aromatic nitrogens is 3. The van der Waals surface area contributed by atoms with Crippen molar-refractivity contribution in [3.8, 4) is 0 Å². The van der Waals surface area contributed by atoms with Crippen molar-refractivity contribution < 1.29 is 4.79 Å². The third kappa shape index (κ3) is 3.08. The molecular weight excluding hydrogens is 338 g/mol. The highest BCUT2D eigenvalue weighted by molar-refractivity contribution is 6.30. The molecule has 0 spiro atoms. The maximum atomic E-state index is 12.8. The van der Waals surface area contributed by atoms with E-state index >= 15 is 0 Å². The Hall–Kier alpha value is -2.86. The lowest BCUT2D eigenvalue weighted by molar-refractivity contribution is 0.0980. The first-order chi connectivity index (χ1) is 12.1. The highest BCUT2D eigenvalue weighted by Crippen LogP contribution is 2.26. The highest BCUT2D eigenvalue weighted by Gasteiger charge is 2.25. The number of hydrogen-bond donors (Lipinski definition) is 1. The fraction of sp³-hybridized carbons (Fsp3) is 0.167. The number of fused-ring (bicyclic) bond motifs is 1. The van der Waals surface area contributed by atoms with E-state index in [1.54, 1.807) is 40.2 Å². The number of nitrogens with zero attached hydrogens (tertiary/aromatic N) is 4. The first-order valence-corrected chi connectivity index (χ1v) is 8.31. The van der Waals surface area contributed by atoms with E-state index in [1.165, 1.54) is 0 Å². The van der Waals surface area contributed by atoms with E-state index in [4.69, 9.17) is 17.3 Å². The van der Waals surface area contributed by atoms with Gasteiger partial charge in [-0.2, -0.15) is 5.10 Å². The van der Waals surface area contributed by atoms with Gasteiger partial charge in [0.1, 0.15) is 5.82 Å². The summed E-state index contributed by atoms with van der Waals surface area (Å²) in [4.78, 5) is 18.9. The molecule has 0 aliphatic carbocycles. The summed E-state index contributed by atoms with van der Waals surface area (Å²) in [7, 11) is 0. The number of benzene rings is 1. The van der Waals surface area contributed by atoms with Gasteiger partial charge in [-0.3, -0.25) is 14.5 Å². The number of nitrogens with two attached hydrogens (primary N) is 1. The van der Waals surface area contributed by atoms with Gasteiger partial charge in [0.05, 0.1) is 18.4 Å². The Kier molecular flexibility index (Phi) is 3.89. The number of pyridine rings is 1. The summed E-state index contributed by atoms with van der Waals surface area (Å²) in [6, 6.07) is 9.11. The number of anilines is 2. The number of carbonyl (C=O) groups is 1. The van der Waals surface area contributed by atoms with Crippen LogP contribution < -0.4 is 10.6 Å². The molecule has 126 valence electrons. The molecule has 0 unspecified atom stereocenters. The molecule has 0 fully saturated rings. The summed E-state index contributed by atoms with van der Waals surface area (Å²) in [5, 5.41) is 4.83. The van der Waals surface area contributed by atoms with Gasteiger partial charge in [0, 0.05) is 29.5 Å². The van der Waals surface area contributed by atoms with E-state index in [-0.39, 0.29) is 5.91 Å². The van der Waals surface area contributed by atoms with E-state index in [2.05, 4.69) is 10.1 Å². The van der Waals surface area contributed by atoms with Crippen molar-refractivity contribution in [3.63, 3.8) is 0 Å². The number of nitrogen functional groups attached to an aromatic ring is 1. The van der Waals surface area contributed by atoms with E-state index in [0.717, 1.165) is 23.2 Å². The minimum Gasteiger partial charge on any atom is -0.382 e. The molecule has 7 heteroatoms. The molecule has 25 heavy (non-hydrogen) atoms. The van der Waals surface area contributed by atoms with Crippen LogP contribution in [0, 0.1) is 0 Å². The zero-order chi connectivity index (χ0) is 17.4. The molecule has 1 aromatic carbocycles. The molecule has 4 rings (SSSR count). The molecule has 0 saturated carbocycles. The molecule has 1 aliphatic rings. The van der Waals surface area contributed by atoms with Crippen LogP contribution in [0.3, 0.4) is 0 Å². The Labute approximate surface area is 149 Å². The minimum atomic E-state index is -0.0276. The Morgan fingerprint density at radius 2 is 2.08 bits per heavy atom. The van der Waals surface area contributed by atoms with Gasteiger partial charge < -0.3 is 10.6 Å². The summed E-state index contributed by atoms with van der Waals surface area (Å²) in [6.07, 6.45) is 6.05. The van der Waals surface area contributed by atoms with Crippen LogP contribution in [0.25, 0.3) is 0 Å². The Morgan fingerprint density at radius 3 is 2.88 bits per heavy atom. The number of rotatable bonds is 3. The molecule has 1 amide bonds. The molecule has 3 heterocycles. The van der Waals surface area contributed by atoms with Crippen molar-refractivity contribution in [2.45, 2.75) is 13.0 Å². The lowest BCUT2D eigenvalue weighted by Gasteiger charge is -2.28. The van der Waals surface area contributed by atoms with Crippen LogP contribution in [0.2, 0.25) is 5.02 Å². The van der Waals surface area contributed by atoms with Gasteiger partial charge in [-0.1, -0.05) is 11.6 Å². The second kappa shape index (κ2) is 6.22. The minimum absolute atomic E-state index is 0.0276. The number of amides is 1. The third-order valence-corrected chi connectivity index (χ3v) is 4.48. The van der Waals surface area contributed by atoms with Crippen molar-refractivity contribution >= 4 is 29.0 Å². The zero-order valence-corrected chi connectivity index (χ0v) is 14.1. The van der Waals surface area contributed by atoms with Gasteiger partial charge in [0.2, 0.25) is 0 Å². The van der Waals surface area contributed by atoms with Crippen LogP contribution in [0.5, 0.6) is 0 Å². The predicted molar refractivity (Wildman–Crippen MR) is 96.8 cm³/mol.